The van der Waals surface area contributed by atoms with Crippen LogP contribution in [0.4, 0.5) is 0 Å². The van der Waals surface area contributed by atoms with E-state index >= 15 is 0 Å². The van der Waals surface area contributed by atoms with E-state index in [1.54, 1.807) is 16.4 Å². The molecule has 6 heteroatoms. The minimum Gasteiger partial charge on any atom is -0.493 e. The number of hydrogen-bond acceptors (Lipinski definition) is 3. The maximum Gasteiger partial charge on any atom is 0.244 e. The molecule has 5 nitrogen and oxygen atoms in total. The van der Waals surface area contributed by atoms with Crippen LogP contribution in [0.25, 0.3) is 10.8 Å². The Kier molecular flexibility index (Phi) is 4.25. The van der Waals surface area contributed by atoms with Gasteiger partial charge in [0.05, 0.1) is 17.5 Å². The van der Waals surface area contributed by atoms with Crippen molar-refractivity contribution in [2.75, 3.05) is 13.2 Å². The fourth-order valence-corrected chi connectivity index (χ4v) is 5.56. The van der Waals surface area contributed by atoms with Gasteiger partial charge in [-0.1, -0.05) is 24.3 Å². The molecule has 0 aliphatic carbocycles. The van der Waals surface area contributed by atoms with Crippen molar-refractivity contribution >= 4 is 20.8 Å². The summed E-state index contributed by atoms with van der Waals surface area (Å²) in [5, 5.41) is 1.52. The molecule has 0 spiro atoms. The van der Waals surface area contributed by atoms with Crippen LogP contribution in [0.5, 0.6) is 5.75 Å². The van der Waals surface area contributed by atoms with Crippen LogP contribution in [0.1, 0.15) is 25.6 Å². The average Bonchev–Trinajstić information content (AvgIpc) is 3.12. The van der Waals surface area contributed by atoms with Crippen molar-refractivity contribution in [3.63, 3.8) is 0 Å². The highest BCUT2D eigenvalue weighted by Gasteiger charge is 2.35. The first-order valence-corrected chi connectivity index (χ1v) is 10.3. The monoisotopic (exact) mass is 370 g/mol. The second kappa shape index (κ2) is 6.45. The van der Waals surface area contributed by atoms with Crippen molar-refractivity contribution in [1.82, 2.24) is 8.87 Å². The molecule has 0 fully saturated rings. The van der Waals surface area contributed by atoms with Crippen molar-refractivity contribution < 1.29 is 13.2 Å². The van der Waals surface area contributed by atoms with Gasteiger partial charge in [-0.2, -0.15) is 4.31 Å². The van der Waals surface area contributed by atoms with Crippen LogP contribution >= 0.6 is 0 Å². The van der Waals surface area contributed by atoms with Crippen LogP contribution in [-0.2, 0) is 16.6 Å². The van der Waals surface area contributed by atoms with Crippen molar-refractivity contribution in [2.24, 2.45) is 0 Å². The molecule has 1 aliphatic rings. The third kappa shape index (κ3) is 2.61. The van der Waals surface area contributed by atoms with E-state index in [9.17, 15) is 8.42 Å². The molecule has 0 bridgehead atoms. The molecular weight excluding hydrogens is 348 g/mol. The Hall–Kier alpha value is -2.31. The second-order valence-corrected chi connectivity index (χ2v) is 8.32. The summed E-state index contributed by atoms with van der Waals surface area (Å²) in [6, 6.07) is 14.7. The van der Waals surface area contributed by atoms with E-state index in [0.29, 0.717) is 35.7 Å². The van der Waals surface area contributed by atoms with Gasteiger partial charge >= 0.3 is 0 Å². The lowest BCUT2D eigenvalue weighted by molar-refractivity contribution is 0.282. The normalized spacial score (nSPS) is 18.0. The number of sulfonamides is 1. The van der Waals surface area contributed by atoms with Crippen molar-refractivity contribution in [1.29, 1.82) is 0 Å². The molecule has 2 aromatic carbocycles. The van der Waals surface area contributed by atoms with E-state index in [0.717, 1.165) is 11.1 Å². The molecule has 1 aliphatic heterocycles. The van der Waals surface area contributed by atoms with Gasteiger partial charge in [0.15, 0.2) is 0 Å². The van der Waals surface area contributed by atoms with Crippen LogP contribution in [0.2, 0.25) is 0 Å². The van der Waals surface area contributed by atoms with Crippen LogP contribution < -0.4 is 4.74 Å². The molecule has 0 saturated carbocycles. The topological polar surface area (TPSA) is 51.5 Å². The molecule has 136 valence electrons. The van der Waals surface area contributed by atoms with Crippen molar-refractivity contribution in [2.45, 2.75) is 31.3 Å². The Bertz CT molecular complexity index is 1060. The zero-order valence-corrected chi connectivity index (χ0v) is 15.7. The zero-order chi connectivity index (χ0) is 18.3. The lowest BCUT2D eigenvalue weighted by atomic mass is 10.1. The highest BCUT2D eigenvalue weighted by molar-refractivity contribution is 7.89. The lowest BCUT2D eigenvalue weighted by Crippen LogP contribution is -2.40. The van der Waals surface area contributed by atoms with Crippen LogP contribution in [0, 0.1) is 0 Å². The van der Waals surface area contributed by atoms with E-state index in [4.69, 9.17) is 4.74 Å². The largest absolute Gasteiger partial charge is 0.493 e. The molecule has 0 amide bonds. The molecule has 1 unspecified atom stereocenters. The first-order valence-electron chi connectivity index (χ1n) is 8.85. The number of nitrogens with zero attached hydrogens (tertiary/aromatic N) is 2. The Morgan fingerprint density at radius 3 is 2.58 bits per heavy atom. The summed E-state index contributed by atoms with van der Waals surface area (Å²) in [7, 11) is -3.63. The van der Waals surface area contributed by atoms with Gasteiger partial charge in [0.25, 0.3) is 0 Å². The first kappa shape index (κ1) is 17.1. The summed E-state index contributed by atoms with van der Waals surface area (Å²) < 4.78 is 36.4. The predicted octanol–water partition coefficient (Wildman–Crippen LogP) is 3.81. The van der Waals surface area contributed by atoms with Gasteiger partial charge < -0.3 is 9.30 Å². The summed E-state index contributed by atoms with van der Waals surface area (Å²) in [5.74, 6) is 0.711. The van der Waals surface area contributed by atoms with E-state index in [1.165, 1.54) is 0 Å². The van der Waals surface area contributed by atoms with Crippen LogP contribution in [0.3, 0.4) is 0 Å². The quantitative estimate of drug-likeness (QED) is 0.702. The predicted molar refractivity (Wildman–Crippen MR) is 102 cm³/mol. The lowest BCUT2D eigenvalue weighted by Gasteiger charge is -2.34. The van der Waals surface area contributed by atoms with E-state index in [-0.39, 0.29) is 6.04 Å². The van der Waals surface area contributed by atoms with Crippen molar-refractivity contribution in [3.8, 4) is 5.75 Å². The zero-order valence-electron chi connectivity index (χ0n) is 14.9. The summed E-state index contributed by atoms with van der Waals surface area (Å²) >= 11 is 0. The highest BCUT2D eigenvalue weighted by atomic mass is 32.2. The van der Waals surface area contributed by atoms with Gasteiger partial charge in [-0.3, -0.25) is 0 Å². The van der Waals surface area contributed by atoms with Gasteiger partial charge in [-0.25, -0.2) is 8.42 Å². The second-order valence-electron chi connectivity index (χ2n) is 6.46. The highest BCUT2D eigenvalue weighted by Crippen LogP contribution is 2.36. The number of fused-ring (bicyclic) bond motifs is 2. The molecular formula is C20H22N2O3S. The Balaban J connectivity index is 1.84. The summed E-state index contributed by atoms with van der Waals surface area (Å²) in [6.45, 7) is 5.53. The van der Waals surface area contributed by atoms with E-state index in [2.05, 4.69) is 4.57 Å². The van der Waals surface area contributed by atoms with Gasteiger partial charge in [0, 0.05) is 35.8 Å². The van der Waals surface area contributed by atoms with E-state index in [1.807, 2.05) is 56.4 Å². The van der Waals surface area contributed by atoms with Gasteiger partial charge in [0.2, 0.25) is 10.0 Å². The first-order chi connectivity index (χ1) is 12.5. The number of ether oxygens (including phenoxy) is 1. The number of benzene rings is 2. The van der Waals surface area contributed by atoms with Crippen LogP contribution in [0.15, 0.2) is 59.6 Å². The van der Waals surface area contributed by atoms with E-state index < -0.39 is 10.0 Å². The van der Waals surface area contributed by atoms with Gasteiger partial charge in [0.1, 0.15) is 5.75 Å². The summed E-state index contributed by atoms with van der Waals surface area (Å²) in [4.78, 5) is 0.336. The van der Waals surface area contributed by atoms with Gasteiger partial charge in [-0.15, -0.1) is 0 Å². The maximum absolute atomic E-state index is 13.5. The molecule has 0 N–H and O–H groups in total. The molecule has 1 atom stereocenters. The fraction of sp³-hybridized carbons (Fsp3) is 0.300. The Morgan fingerprint density at radius 1 is 1.04 bits per heavy atom. The molecule has 3 aromatic rings. The van der Waals surface area contributed by atoms with Gasteiger partial charge in [-0.05, 0) is 38.1 Å². The molecule has 0 saturated heterocycles. The summed E-state index contributed by atoms with van der Waals surface area (Å²) in [6.07, 6.45) is 2.00. The standard InChI is InChI=1S/C20H22N2O3S/c1-3-25-19-10-11-20(17-8-5-4-7-16(17)19)26(23,24)22-14-13-21-12-6-9-18(21)15(22)2/h4-12,15H,3,13-14H2,1-2H3. The van der Waals surface area contributed by atoms with Crippen molar-refractivity contribution in [3.05, 3.63) is 60.4 Å². The Labute approximate surface area is 153 Å². The number of hydrogen-bond donors (Lipinski definition) is 0. The smallest absolute Gasteiger partial charge is 0.244 e. The average molecular weight is 370 g/mol. The molecule has 2 heterocycles. The molecule has 1 aromatic heterocycles. The van der Waals surface area contributed by atoms with Crippen LogP contribution in [-0.4, -0.2) is 30.4 Å². The maximum atomic E-state index is 13.5. The third-order valence-electron chi connectivity index (χ3n) is 5.02. The minimum atomic E-state index is -3.63. The number of rotatable bonds is 4. The fourth-order valence-electron chi connectivity index (χ4n) is 3.76. The Morgan fingerprint density at radius 2 is 1.81 bits per heavy atom. The summed E-state index contributed by atoms with van der Waals surface area (Å²) in [5.41, 5.74) is 1.02. The minimum absolute atomic E-state index is 0.200. The third-order valence-corrected chi connectivity index (χ3v) is 7.04. The molecule has 4 rings (SSSR count). The molecule has 0 radical (unpaired) electrons. The molecule has 26 heavy (non-hydrogen) atoms. The SMILES string of the molecule is CCOc1ccc(S(=O)(=O)N2CCn3cccc3C2C)c2ccccc12. The number of aromatic nitrogens is 1.